The lowest BCUT2D eigenvalue weighted by Gasteiger charge is -2.31. The molecule has 0 saturated carbocycles. The summed E-state index contributed by atoms with van der Waals surface area (Å²) >= 11 is 0. The normalized spacial score (nSPS) is 17.8. The van der Waals surface area contributed by atoms with Crippen LogP contribution in [0.5, 0.6) is 0 Å². The van der Waals surface area contributed by atoms with Crippen LogP contribution in [-0.2, 0) is 24.4 Å². The van der Waals surface area contributed by atoms with Gasteiger partial charge in [0.2, 0.25) is 5.91 Å². The molecule has 0 spiro atoms. The Labute approximate surface area is 158 Å². The third kappa shape index (κ3) is 5.58. The maximum absolute atomic E-state index is 13.7. The minimum atomic E-state index is -0.569. The topological polar surface area (TPSA) is 58.4 Å². The average Bonchev–Trinajstić information content (AvgIpc) is 2.64. The van der Waals surface area contributed by atoms with Crippen LogP contribution in [0.15, 0.2) is 42.5 Å². The van der Waals surface area contributed by atoms with E-state index in [4.69, 9.17) is 5.73 Å². The van der Waals surface area contributed by atoms with Crippen molar-refractivity contribution < 1.29 is 13.6 Å². The van der Waals surface area contributed by atoms with Crippen molar-refractivity contribution in [2.24, 2.45) is 11.7 Å². The molecule has 2 aromatic carbocycles. The second kappa shape index (κ2) is 9.06. The van der Waals surface area contributed by atoms with Gasteiger partial charge in [-0.15, -0.1) is 0 Å². The molecule has 1 fully saturated rings. The molecule has 1 saturated heterocycles. The van der Waals surface area contributed by atoms with Crippen LogP contribution in [0, 0.1) is 17.6 Å². The van der Waals surface area contributed by atoms with Gasteiger partial charge < -0.3 is 11.1 Å². The van der Waals surface area contributed by atoms with Gasteiger partial charge in [-0.3, -0.25) is 9.69 Å². The summed E-state index contributed by atoms with van der Waals surface area (Å²) in [6, 6.07) is 11.8. The van der Waals surface area contributed by atoms with Gasteiger partial charge in [-0.05, 0) is 36.6 Å². The molecule has 3 rings (SSSR count). The van der Waals surface area contributed by atoms with Crippen molar-refractivity contribution >= 4 is 5.91 Å². The fourth-order valence-corrected chi connectivity index (χ4v) is 3.53. The van der Waals surface area contributed by atoms with Gasteiger partial charge in [0.05, 0.1) is 5.92 Å². The number of rotatable bonds is 7. The van der Waals surface area contributed by atoms with Crippen molar-refractivity contribution in [1.82, 2.24) is 10.2 Å². The number of benzene rings is 2. The first-order chi connectivity index (χ1) is 13.0. The predicted octanol–water partition coefficient (Wildman–Crippen LogP) is 2.95. The Morgan fingerprint density at radius 1 is 1.15 bits per heavy atom. The first kappa shape index (κ1) is 19.5. The van der Waals surface area contributed by atoms with E-state index >= 15 is 0 Å². The van der Waals surface area contributed by atoms with Crippen molar-refractivity contribution in [2.45, 2.75) is 32.5 Å². The summed E-state index contributed by atoms with van der Waals surface area (Å²) in [5, 5.41) is 3.19. The number of carbonyl (C=O) groups excluding carboxylic acids is 1. The van der Waals surface area contributed by atoms with Crippen LogP contribution in [0.3, 0.4) is 0 Å². The Balaban J connectivity index is 1.53. The predicted molar refractivity (Wildman–Crippen MR) is 101 cm³/mol. The summed E-state index contributed by atoms with van der Waals surface area (Å²) in [5.74, 6) is -1.38. The Morgan fingerprint density at radius 2 is 1.96 bits per heavy atom. The Hall–Kier alpha value is -2.31. The summed E-state index contributed by atoms with van der Waals surface area (Å²) in [5.41, 5.74) is 8.16. The summed E-state index contributed by atoms with van der Waals surface area (Å²) in [6.45, 7) is 3.39. The van der Waals surface area contributed by atoms with Gasteiger partial charge in [-0.2, -0.15) is 0 Å². The number of hydrogen-bond donors (Lipinski definition) is 2. The molecule has 3 N–H and O–H groups in total. The van der Waals surface area contributed by atoms with Gasteiger partial charge in [0.15, 0.2) is 0 Å². The molecular weight excluding hydrogens is 348 g/mol. The van der Waals surface area contributed by atoms with Crippen LogP contribution in [0.1, 0.15) is 29.5 Å². The van der Waals surface area contributed by atoms with Gasteiger partial charge in [0.1, 0.15) is 11.6 Å². The highest BCUT2D eigenvalue weighted by Crippen LogP contribution is 2.19. The molecule has 1 aliphatic rings. The number of hydrogen-bond acceptors (Lipinski definition) is 3. The van der Waals surface area contributed by atoms with E-state index < -0.39 is 11.6 Å². The van der Waals surface area contributed by atoms with Crippen molar-refractivity contribution in [3.63, 3.8) is 0 Å². The second-order valence-corrected chi connectivity index (χ2v) is 7.14. The summed E-state index contributed by atoms with van der Waals surface area (Å²) in [7, 11) is 0. The van der Waals surface area contributed by atoms with Gasteiger partial charge in [0.25, 0.3) is 0 Å². The lowest BCUT2D eigenvalue weighted by molar-refractivity contribution is -0.123. The van der Waals surface area contributed by atoms with Crippen LogP contribution in [-0.4, -0.2) is 23.9 Å². The van der Waals surface area contributed by atoms with Crippen LogP contribution >= 0.6 is 0 Å². The average molecular weight is 373 g/mol. The monoisotopic (exact) mass is 373 g/mol. The minimum absolute atomic E-state index is 0.0609. The van der Waals surface area contributed by atoms with Crippen LogP contribution in [0.2, 0.25) is 0 Å². The largest absolute Gasteiger partial charge is 0.369 e. The van der Waals surface area contributed by atoms with Crippen LogP contribution in [0.4, 0.5) is 8.78 Å². The Bertz CT molecular complexity index is 797. The van der Waals surface area contributed by atoms with E-state index in [1.807, 2.05) is 12.1 Å². The van der Waals surface area contributed by atoms with Gasteiger partial charge in [-0.25, -0.2) is 8.78 Å². The Kier molecular flexibility index (Phi) is 6.53. The SMILES string of the molecule is NC(=O)C1CCCN(Cc2cccc(CNCc3ccc(F)cc3F)c2)C1. The fraction of sp³-hybridized carbons (Fsp3) is 0.381. The number of nitrogens with zero attached hydrogens (tertiary/aromatic N) is 1. The highest BCUT2D eigenvalue weighted by atomic mass is 19.1. The van der Waals surface area contributed by atoms with E-state index in [0.717, 1.165) is 37.6 Å². The Morgan fingerprint density at radius 3 is 2.74 bits per heavy atom. The number of nitrogens with two attached hydrogens (primary N) is 1. The lowest BCUT2D eigenvalue weighted by atomic mass is 9.97. The number of carbonyl (C=O) groups is 1. The maximum Gasteiger partial charge on any atom is 0.221 e. The quantitative estimate of drug-likeness (QED) is 0.785. The molecule has 6 heteroatoms. The molecule has 0 bridgehead atoms. The van der Waals surface area contributed by atoms with E-state index in [9.17, 15) is 13.6 Å². The molecule has 1 amide bonds. The number of halogens is 2. The molecule has 0 aromatic heterocycles. The van der Waals surface area contributed by atoms with Crippen LogP contribution < -0.4 is 11.1 Å². The molecule has 1 atom stereocenters. The molecule has 2 aromatic rings. The highest BCUT2D eigenvalue weighted by molar-refractivity contribution is 5.76. The summed E-state index contributed by atoms with van der Waals surface area (Å²) in [4.78, 5) is 13.7. The fourth-order valence-electron chi connectivity index (χ4n) is 3.53. The van der Waals surface area contributed by atoms with E-state index in [2.05, 4.69) is 22.3 Å². The third-order valence-corrected chi connectivity index (χ3v) is 4.97. The van der Waals surface area contributed by atoms with Gasteiger partial charge in [-0.1, -0.05) is 30.3 Å². The third-order valence-electron chi connectivity index (χ3n) is 4.97. The zero-order valence-electron chi connectivity index (χ0n) is 15.3. The molecular formula is C21H25F2N3O. The summed E-state index contributed by atoms with van der Waals surface area (Å²) < 4.78 is 26.6. The first-order valence-electron chi connectivity index (χ1n) is 9.25. The zero-order valence-corrected chi connectivity index (χ0v) is 15.3. The van der Waals surface area contributed by atoms with Crippen LogP contribution in [0.25, 0.3) is 0 Å². The van der Waals surface area contributed by atoms with Crippen molar-refractivity contribution in [3.05, 3.63) is 70.8 Å². The lowest BCUT2D eigenvalue weighted by Crippen LogP contribution is -2.40. The van der Waals surface area contributed by atoms with E-state index in [1.54, 1.807) is 0 Å². The minimum Gasteiger partial charge on any atom is -0.369 e. The van der Waals surface area contributed by atoms with Gasteiger partial charge in [0, 0.05) is 37.8 Å². The van der Waals surface area contributed by atoms with E-state index in [0.29, 0.717) is 25.2 Å². The molecule has 1 heterocycles. The second-order valence-electron chi connectivity index (χ2n) is 7.14. The van der Waals surface area contributed by atoms with Crippen molar-refractivity contribution in [1.29, 1.82) is 0 Å². The van der Waals surface area contributed by atoms with Crippen molar-refractivity contribution in [3.8, 4) is 0 Å². The highest BCUT2D eigenvalue weighted by Gasteiger charge is 2.23. The van der Waals surface area contributed by atoms with E-state index in [-0.39, 0.29) is 11.8 Å². The molecule has 1 unspecified atom stereocenters. The number of primary amides is 1. The molecule has 4 nitrogen and oxygen atoms in total. The first-order valence-corrected chi connectivity index (χ1v) is 9.25. The smallest absolute Gasteiger partial charge is 0.221 e. The molecule has 1 aliphatic heterocycles. The maximum atomic E-state index is 13.7. The number of nitrogens with one attached hydrogen (secondary N) is 1. The number of amides is 1. The molecule has 27 heavy (non-hydrogen) atoms. The number of piperidine rings is 1. The molecule has 0 radical (unpaired) electrons. The summed E-state index contributed by atoms with van der Waals surface area (Å²) in [6.07, 6.45) is 1.85. The molecule has 144 valence electrons. The van der Waals surface area contributed by atoms with Gasteiger partial charge >= 0.3 is 0 Å². The van der Waals surface area contributed by atoms with Crippen molar-refractivity contribution in [2.75, 3.05) is 13.1 Å². The molecule has 0 aliphatic carbocycles. The number of likely N-dealkylation sites (tertiary alicyclic amines) is 1. The van der Waals surface area contributed by atoms with E-state index in [1.165, 1.54) is 17.7 Å². The standard InChI is InChI=1S/C21H25F2N3O/c22-19-7-6-17(20(23)10-19)12-25-11-15-3-1-4-16(9-15)13-26-8-2-5-18(14-26)21(24)27/h1,3-4,6-7,9-10,18,25H,2,5,8,11-14H2,(H2,24,27). The zero-order chi connectivity index (χ0) is 19.2.